The first-order chi connectivity index (χ1) is 24.9. The molecule has 4 aliphatic heterocycles. The normalized spacial score (nSPS) is 18.6. The molecule has 2 unspecified atom stereocenters. The minimum Gasteiger partial charge on any atom is -0.493 e. The molecule has 0 radical (unpaired) electrons. The fraction of sp³-hybridized carbons (Fsp3) is 0.231. The predicted molar refractivity (Wildman–Crippen MR) is 198 cm³/mol. The number of hydrogen-bond acceptors (Lipinski definition) is 10. The Morgan fingerprint density at radius 2 is 1.29 bits per heavy atom. The number of aliphatic imine (C=N–C) groups is 2. The maximum absolute atomic E-state index is 13.7. The van der Waals surface area contributed by atoms with Crippen molar-refractivity contribution in [1.82, 2.24) is 9.80 Å². The summed E-state index contributed by atoms with van der Waals surface area (Å²) in [5.74, 6) is 1.57. The van der Waals surface area contributed by atoms with Crippen LogP contribution in [0.2, 0.25) is 0 Å². The predicted octanol–water partition coefficient (Wildman–Crippen LogP) is 7.14. The molecule has 0 spiro atoms. The topological polar surface area (TPSA) is 128 Å². The van der Waals surface area contributed by atoms with Crippen LogP contribution in [0.15, 0.2) is 88.4 Å². The summed E-state index contributed by atoms with van der Waals surface area (Å²) in [5.41, 5.74) is 11.7. The van der Waals surface area contributed by atoms with Crippen LogP contribution in [0.4, 0.5) is 17.1 Å². The smallest absolute Gasteiger partial charge is 0.260 e. The Hall–Kier alpha value is -5.88. The van der Waals surface area contributed by atoms with Gasteiger partial charge in [-0.1, -0.05) is 18.2 Å². The molecule has 2 N–H and O–H groups in total. The van der Waals surface area contributed by atoms with Crippen LogP contribution in [0.5, 0.6) is 23.0 Å². The van der Waals surface area contributed by atoms with Crippen molar-refractivity contribution in [2.75, 3.05) is 33.2 Å². The number of fused-ring (bicyclic) bond motifs is 4. The van der Waals surface area contributed by atoms with Crippen LogP contribution in [0.1, 0.15) is 50.4 Å². The lowest BCUT2D eigenvalue weighted by molar-refractivity contribution is 0.0809. The standard InChI is InChI=1S/C39H35N5O6S/c1-47-33-15-29-31(41-19-27-13-24(21-43(27)38(29)45)23-6-8-26(40)9-7-23)17-35(33)49-10-4-11-50-36-18-32-30(16-34(36)48-2)39(46)44-22-25(14-28(44)20-42-32)37-5-3-12-51-37/h3,5-9,12,15-22,27-28H,4,10-11,13-14,40H2,1-2H3. The number of nitrogen functional groups attached to an aromatic ring is 1. The number of carbonyl (C=O) groups excluding carboxylic acids is 2. The molecule has 1 aromatic heterocycles. The van der Waals surface area contributed by atoms with E-state index in [9.17, 15) is 9.59 Å². The van der Waals surface area contributed by atoms with E-state index in [0.29, 0.717) is 83.7 Å². The fourth-order valence-electron chi connectivity index (χ4n) is 6.70. The van der Waals surface area contributed by atoms with Crippen LogP contribution in [-0.4, -0.2) is 73.6 Å². The molecule has 51 heavy (non-hydrogen) atoms. The Labute approximate surface area is 298 Å². The molecule has 11 nitrogen and oxygen atoms in total. The van der Waals surface area contributed by atoms with Crippen LogP contribution in [0.3, 0.4) is 0 Å². The van der Waals surface area contributed by atoms with Crippen LogP contribution in [-0.2, 0) is 0 Å². The summed E-state index contributed by atoms with van der Waals surface area (Å²) in [6.45, 7) is 0.631. The summed E-state index contributed by atoms with van der Waals surface area (Å²) in [6.07, 6.45) is 9.36. The minimum absolute atomic E-state index is 0.127. The largest absolute Gasteiger partial charge is 0.493 e. The van der Waals surface area contributed by atoms with Gasteiger partial charge in [-0.15, -0.1) is 11.3 Å². The van der Waals surface area contributed by atoms with E-state index in [2.05, 4.69) is 16.1 Å². The summed E-state index contributed by atoms with van der Waals surface area (Å²) < 4.78 is 23.5. The van der Waals surface area contributed by atoms with E-state index in [1.165, 1.54) is 0 Å². The van der Waals surface area contributed by atoms with Crippen LogP contribution in [0, 0.1) is 0 Å². The van der Waals surface area contributed by atoms with Crippen LogP contribution in [0.25, 0.3) is 11.1 Å². The second-order valence-corrected chi connectivity index (χ2v) is 13.5. The highest BCUT2D eigenvalue weighted by Gasteiger charge is 2.35. The van der Waals surface area contributed by atoms with E-state index < -0.39 is 0 Å². The number of carbonyl (C=O) groups is 2. The Morgan fingerprint density at radius 1 is 0.745 bits per heavy atom. The maximum Gasteiger partial charge on any atom is 0.260 e. The van der Waals surface area contributed by atoms with Gasteiger partial charge in [-0.3, -0.25) is 19.6 Å². The van der Waals surface area contributed by atoms with Crippen LogP contribution < -0.4 is 24.7 Å². The average molecular weight is 702 g/mol. The molecule has 0 bridgehead atoms. The van der Waals surface area contributed by atoms with Gasteiger partial charge in [0.05, 0.1) is 62.0 Å². The van der Waals surface area contributed by atoms with E-state index in [4.69, 9.17) is 24.7 Å². The molecule has 2 amide bonds. The number of thiophene rings is 1. The monoisotopic (exact) mass is 701 g/mol. The third-order valence-corrected chi connectivity index (χ3v) is 10.3. The zero-order valence-corrected chi connectivity index (χ0v) is 28.9. The quantitative estimate of drug-likeness (QED) is 0.138. The van der Waals surface area contributed by atoms with Crippen molar-refractivity contribution in [2.45, 2.75) is 31.3 Å². The summed E-state index contributed by atoms with van der Waals surface area (Å²) in [6, 6.07) is 18.2. The van der Waals surface area contributed by atoms with Crippen LogP contribution >= 0.6 is 11.3 Å². The Kier molecular flexibility index (Phi) is 8.52. The fourth-order valence-corrected chi connectivity index (χ4v) is 7.44. The molecule has 12 heteroatoms. The summed E-state index contributed by atoms with van der Waals surface area (Å²) in [4.78, 5) is 41.3. The van der Waals surface area contributed by atoms with Gasteiger partial charge in [0, 0.05) is 66.8 Å². The third kappa shape index (κ3) is 6.12. The molecule has 0 aliphatic carbocycles. The lowest BCUT2D eigenvalue weighted by Gasteiger charge is -2.19. The Bertz CT molecular complexity index is 2140. The van der Waals surface area contributed by atoms with Gasteiger partial charge in [-0.25, -0.2) is 0 Å². The highest BCUT2D eigenvalue weighted by molar-refractivity contribution is 7.11. The molecule has 0 saturated carbocycles. The van der Waals surface area contributed by atoms with E-state index in [1.54, 1.807) is 59.6 Å². The molecular formula is C39H35N5O6S. The summed E-state index contributed by atoms with van der Waals surface area (Å²) >= 11 is 1.66. The van der Waals surface area contributed by atoms with E-state index >= 15 is 0 Å². The number of methoxy groups -OCH3 is 2. The molecule has 5 heterocycles. The van der Waals surface area contributed by atoms with E-state index in [-0.39, 0.29) is 23.9 Å². The number of amides is 2. The Balaban J connectivity index is 0.916. The number of anilines is 1. The molecule has 0 saturated heterocycles. The molecule has 8 rings (SSSR count). The molecular weight excluding hydrogens is 667 g/mol. The van der Waals surface area contributed by atoms with E-state index in [1.807, 2.05) is 60.5 Å². The maximum atomic E-state index is 13.7. The molecule has 4 aromatic rings. The molecule has 2 atom stereocenters. The first kappa shape index (κ1) is 32.3. The van der Waals surface area contributed by atoms with Crippen molar-refractivity contribution >= 4 is 63.8 Å². The molecule has 3 aromatic carbocycles. The van der Waals surface area contributed by atoms with Crippen molar-refractivity contribution < 1.29 is 28.5 Å². The van der Waals surface area contributed by atoms with Gasteiger partial charge in [-0.05, 0) is 52.4 Å². The number of rotatable bonds is 10. The lowest BCUT2D eigenvalue weighted by Crippen LogP contribution is -2.32. The van der Waals surface area contributed by atoms with Gasteiger partial charge >= 0.3 is 0 Å². The summed E-state index contributed by atoms with van der Waals surface area (Å²) in [5, 5.41) is 2.03. The number of ether oxygens (including phenoxy) is 4. The number of nitrogens with two attached hydrogens (primary N) is 1. The van der Waals surface area contributed by atoms with Gasteiger partial charge in [0.15, 0.2) is 23.0 Å². The van der Waals surface area contributed by atoms with E-state index in [0.717, 1.165) is 21.6 Å². The first-order valence-corrected chi connectivity index (χ1v) is 17.5. The van der Waals surface area contributed by atoms with Gasteiger partial charge in [0.1, 0.15) is 0 Å². The van der Waals surface area contributed by atoms with Crippen molar-refractivity contribution in [1.29, 1.82) is 0 Å². The second-order valence-electron chi connectivity index (χ2n) is 12.5. The molecule has 4 aliphatic rings. The van der Waals surface area contributed by atoms with Crippen molar-refractivity contribution in [3.05, 3.63) is 100 Å². The zero-order valence-electron chi connectivity index (χ0n) is 28.1. The van der Waals surface area contributed by atoms with Gasteiger partial charge in [0.25, 0.3) is 11.8 Å². The highest BCUT2D eigenvalue weighted by Crippen LogP contribution is 2.42. The SMILES string of the molecule is COc1cc2c(cc1OCCCOc1cc3c(cc1OC)C(=O)N1C=C(c4cccs4)CC1C=N3)N=CC1CC(c3ccc(N)cc3)=CN1C2=O. The second kappa shape index (κ2) is 13.4. The minimum atomic E-state index is -0.197. The first-order valence-electron chi connectivity index (χ1n) is 16.6. The number of hydrogen-bond donors (Lipinski definition) is 1. The van der Waals surface area contributed by atoms with Crippen molar-refractivity contribution in [3.63, 3.8) is 0 Å². The zero-order chi connectivity index (χ0) is 35.1. The number of nitrogens with zero attached hydrogens (tertiary/aromatic N) is 4. The van der Waals surface area contributed by atoms with Crippen molar-refractivity contribution in [2.24, 2.45) is 9.98 Å². The van der Waals surface area contributed by atoms with Gasteiger partial charge in [0.2, 0.25) is 0 Å². The lowest BCUT2D eigenvalue weighted by atomic mass is 10.0. The van der Waals surface area contributed by atoms with Gasteiger partial charge < -0.3 is 34.5 Å². The summed E-state index contributed by atoms with van der Waals surface area (Å²) in [7, 11) is 3.09. The molecule has 258 valence electrons. The van der Waals surface area contributed by atoms with Gasteiger partial charge in [-0.2, -0.15) is 0 Å². The third-order valence-electron chi connectivity index (χ3n) is 9.35. The number of benzene rings is 3. The Morgan fingerprint density at radius 3 is 1.82 bits per heavy atom. The average Bonchev–Trinajstić information content (AvgIpc) is 3.90. The highest BCUT2D eigenvalue weighted by atomic mass is 32.1. The molecule has 0 fully saturated rings. The van der Waals surface area contributed by atoms with Crippen molar-refractivity contribution in [3.8, 4) is 23.0 Å².